The van der Waals surface area contributed by atoms with Gasteiger partial charge in [-0.15, -0.1) is 0 Å². The standard InChI is InChI=1S/C20H25N3O3/c1-14-12-21-22-19(15(2)24)18(14)17-8-10-23(11-9-17)20(25)26-13-16-6-4-3-5-7-16/h3-7,12,15,17,24H,8-11,13H2,1-2H3. The molecule has 3 rings (SSSR count). The van der Waals surface area contributed by atoms with Gasteiger partial charge in [0.25, 0.3) is 0 Å². The van der Waals surface area contributed by atoms with Crippen molar-refractivity contribution in [2.45, 2.75) is 45.3 Å². The maximum absolute atomic E-state index is 12.3. The average Bonchev–Trinajstić information content (AvgIpc) is 2.67. The molecule has 1 amide bonds. The summed E-state index contributed by atoms with van der Waals surface area (Å²) in [6.07, 6.45) is 2.47. The van der Waals surface area contributed by atoms with Crippen molar-refractivity contribution < 1.29 is 14.6 Å². The normalized spacial score (nSPS) is 16.3. The van der Waals surface area contributed by atoms with Crippen LogP contribution in [0, 0.1) is 6.92 Å². The Labute approximate surface area is 153 Å². The zero-order chi connectivity index (χ0) is 18.5. The lowest BCUT2D eigenvalue weighted by atomic mass is 9.85. The number of ether oxygens (including phenoxy) is 1. The first kappa shape index (κ1) is 18.3. The van der Waals surface area contributed by atoms with E-state index in [2.05, 4.69) is 10.2 Å². The van der Waals surface area contributed by atoms with Gasteiger partial charge in [0.2, 0.25) is 0 Å². The van der Waals surface area contributed by atoms with Crippen LogP contribution in [-0.2, 0) is 11.3 Å². The molecule has 1 saturated heterocycles. The number of rotatable bonds is 4. The maximum Gasteiger partial charge on any atom is 0.410 e. The van der Waals surface area contributed by atoms with Crippen molar-refractivity contribution in [3.63, 3.8) is 0 Å². The van der Waals surface area contributed by atoms with Crippen molar-refractivity contribution in [1.29, 1.82) is 0 Å². The summed E-state index contributed by atoms with van der Waals surface area (Å²) in [5, 5.41) is 18.1. The fourth-order valence-electron chi connectivity index (χ4n) is 3.50. The van der Waals surface area contributed by atoms with Gasteiger partial charge in [-0.25, -0.2) is 4.79 Å². The molecule has 2 heterocycles. The van der Waals surface area contributed by atoms with Gasteiger partial charge in [-0.05, 0) is 49.3 Å². The van der Waals surface area contributed by atoms with Crippen molar-refractivity contribution in [3.8, 4) is 0 Å². The zero-order valence-electron chi connectivity index (χ0n) is 15.3. The summed E-state index contributed by atoms with van der Waals surface area (Å²) in [5.74, 6) is 0.272. The van der Waals surface area contributed by atoms with Gasteiger partial charge in [0.05, 0.1) is 18.0 Å². The number of likely N-dealkylation sites (tertiary alicyclic amines) is 1. The highest BCUT2D eigenvalue weighted by molar-refractivity contribution is 5.67. The Balaban J connectivity index is 1.58. The summed E-state index contributed by atoms with van der Waals surface area (Å²) in [7, 11) is 0. The molecule has 138 valence electrons. The lowest BCUT2D eigenvalue weighted by Crippen LogP contribution is -2.38. The van der Waals surface area contributed by atoms with E-state index in [0.29, 0.717) is 25.4 Å². The minimum atomic E-state index is -0.647. The Hall–Kier alpha value is -2.47. The highest BCUT2D eigenvalue weighted by atomic mass is 16.6. The molecular formula is C20H25N3O3. The van der Waals surface area contributed by atoms with Crippen LogP contribution in [0.2, 0.25) is 0 Å². The van der Waals surface area contributed by atoms with E-state index in [1.165, 1.54) is 0 Å². The molecule has 1 N–H and O–H groups in total. The molecule has 1 unspecified atom stereocenters. The van der Waals surface area contributed by atoms with E-state index < -0.39 is 6.10 Å². The molecule has 1 aliphatic heterocycles. The van der Waals surface area contributed by atoms with Gasteiger partial charge in [0.1, 0.15) is 6.61 Å². The summed E-state index contributed by atoms with van der Waals surface area (Å²) >= 11 is 0. The quantitative estimate of drug-likeness (QED) is 0.910. The van der Waals surface area contributed by atoms with Crippen LogP contribution >= 0.6 is 0 Å². The Morgan fingerprint density at radius 1 is 1.31 bits per heavy atom. The van der Waals surface area contributed by atoms with Gasteiger partial charge in [0.15, 0.2) is 0 Å². The molecule has 0 saturated carbocycles. The van der Waals surface area contributed by atoms with E-state index in [1.807, 2.05) is 37.3 Å². The molecule has 0 bridgehead atoms. The Kier molecular flexibility index (Phi) is 5.83. The van der Waals surface area contributed by atoms with Gasteiger partial charge in [-0.1, -0.05) is 30.3 Å². The van der Waals surface area contributed by atoms with Crippen LogP contribution in [0.15, 0.2) is 36.5 Å². The zero-order valence-corrected chi connectivity index (χ0v) is 15.3. The monoisotopic (exact) mass is 355 g/mol. The molecule has 1 aliphatic rings. The van der Waals surface area contributed by atoms with Crippen molar-refractivity contribution >= 4 is 6.09 Å². The van der Waals surface area contributed by atoms with E-state index in [4.69, 9.17) is 4.74 Å². The van der Waals surface area contributed by atoms with Crippen LogP contribution in [-0.4, -0.2) is 39.4 Å². The molecule has 0 spiro atoms. The number of aryl methyl sites for hydroxylation is 1. The second-order valence-electron chi connectivity index (χ2n) is 6.80. The number of benzene rings is 1. The number of aliphatic hydroxyl groups is 1. The van der Waals surface area contributed by atoms with Gasteiger partial charge in [0, 0.05) is 13.1 Å². The number of amides is 1. The molecule has 1 aromatic heterocycles. The second kappa shape index (κ2) is 8.27. The van der Waals surface area contributed by atoms with Crippen LogP contribution < -0.4 is 0 Å². The van der Waals surface area contributed by atoms with E-state index >= 15 is 0 Å². The number of nitrogens with zero attached hydrogens (tertiary/aromatic N) is 3. The van der Waals surface area contributed by atoms with Crippen molar-refractivity contribution in [3.05, 3.63) is 58.9 Å². The first-order chi connectivity index (χ1) is 12.6. The highest BCUT2D eigenvalue weighted by Gasteiger charge is 2.28. The maximum atomic E-state index is 12.3. The second-order valence-corrected chi connectivity index (χ2v) is 6.80. The Morgan fingerprint density at radius 3 is 2.65 bits per heavy atom. The van der Waals surface area contributed by atoms with Crippen LogP contribution in [0.1, 0.15) is 54.2 Å². The molecule has 2 aromatic rings. The lowest BCUT2D eigenvalue weighted by Gasteiger charge is -2.33. The number of aliphatic hydroxyl groups excluding tert-OH is 1. The highest BCUT2D eigenvalue weighted by Crippen LogP contribution is 2.33. The summed E-state index contributed by atoms with van der Waals surface area (Å²) in [6.45, 7) is 5.27. The van der Waals surface area contributed by atoms with Crippen molar-refractivity contribution in [1.82, 2.24) is 15.1 Å². The SMILES string of the molecule is Cc1cnnc(C(C)O)c1C1CCN(C(=O)OCc2ccccc2)CC1. The predicted molar refractivity (Wildman–Crippen MR) is 97.6 cm³/mol. The number of piperidine rings is 1. The smallest absolute Gasteiger partial charge is 0.410 e. The molecule has 1 fully saturated rings. The fraction of sp³-hybridized carbons (Fsp3) is 0.450. The first-order valence-electron chi connectivity index (χ1n) is 9.02. The summed E-state index contributed by atoms with van der Waals surface area (Å²) in [5.41, 5.74) is 3.75. The van der Waals surface area contributed by atoms with Crippen LogP contribution in [0.5, 0.6) is 0 Å². The van der Waals surface area contributed by atoms with Gasteiger partial charge >= 0.3 is 6.09 Å². The Bertz CT molecular complexity index is 741. The molecule has 6 nitrogen and oxygen atoms in total. The van der Waals surface area contributed by atoms with Crippen LogP contribution in [0.25, 0.3) is 0 Å². The predicted octanol–water partition coefficient (Wildman–Crippen LogP) is 3.35. The van der Waals surface area contributed by atoms with Crippen molar-refractivity contribution in [2.24, 2.45) is 0 Å². The molecule has 6 heteroatoms. The minimum absolute atomic E-state index is 0.271. The third-order valence-corrected chi connectivity index (χ3v) is 4.88. The summed E-state index contributed by atoms with van der Waals surface area (Å²) in [6, 6.07) is 9.68. The van der Waals surface area contributed by atoms with E-state index in [0.717, 1.165) is 29.5 Å². The number of carbonyl (C=O) groups is 1. The van der Waals surface area contributed by atoms with Gasteiger partial charge in [-0.3, -0.25) is 0 Å². The van der Waals surface area contributed by atoms with E-state index in [1.54, 1.807) is 18.0 Å². The van der Waals surface area contributed by atoms with Gasteiger partial charge < -0.3 is 14.7 Å². The number of hydrogen-bond donors (Lipinski definition) is 1. The summed E-state index contributed by atoms with van der Waals surface area (Å²) < 4.78 is 5.42. The molecule has 1 aromatic carbocycles. The molecule has 0 radical (unpaired) electrons. The third-order valence-electron chi connectivity index (χ3n) is 4.88. The Morgan fingerprint density at radius 2 is 2.00 bits per heavy atom. The molecule has 0 aliphatic carbocycles. The van der Waals surface area contributed by atoms with Crippen molar-refractivity contribution in [2.75, 3.05) is 13.1 Å². The fourth-order valence-corrected chi connectivity index (χ4v) is 3.50. The molecular weight excluding hydrogens is 330 g/mol. The lowest BCUT2D eigenvalue weighted by molar-refractivity contribution is 0.0867. The number of aromatic nitrogens is 2. The number of carbonyl (C=O) groups excluding carboxylic acids is 1. The number of hydrogen-bond acceptors (Lipinski definition) is 5. The van der Waals surface area contributed by atoms with Crippen LogP contribution in [0.4, 0.5) is 4.79 Å². The topological polar surface area (TPSA) is 75.6 Å². The van der Waals surface area contributed by atoms with Gasteiger partial charge in [-0.2, -0.15) is 10.2 Å². The first-order valence-corrected chi connectivity index (χ1v) is 9.02. The summed E-state index contributed by atoms with van der Waals surface area (Å²) in [4.78, 5) is 14.1. The largest absolute Gasteiger partial charge is 0.445 e. The van der Waals surface area contributed by atoms with E-state index in [9.17, 15) is 9.90 Å². The third kappa shape index (κ3) is 4.19. The van der Waals surface area contributed by atoms with Crippen LogP contribution in [0.3, 0.4) is 0 Å². The van der Waals surface area contributed by atoms with E-state index in [-0.39, 0.29) is 12.0 Å². The average molecular weight is 355 g/mol. The molecule has 26 heavy (non-hydrogen) atoms. The minimum Gasteiger partial charge on any atom is -0.445 e. The molecule has 1 atom stereocenters.